The van der Waals surface area contributed by atoms with Gasteiger partial charge in [0.2, 0.25) is 0 Å². The number of esters is 1. The Hall–Kier alpha value is -0.790. The van der Waals surface area contributed by atoms with Gasteiger partial charge in [-0.05, 0) is 24.7 Å². The Morgan fingerprint density at radius 3 is 2.87 bits per heavy atom. The summed E-state index contributed by atoms with van der Waals surface area (Å²) in [5.41, 5.74) is 0.0536. The summed E-state index contributed by atoms with van der Waals surface area (Å²) in [4.78, 5) is 11.8. The molecule has 1 unspecified atom stereocenters. The van der Waals surface area contributed by atoms with Gasteiger partial charge in [-0.2, -0.15) is 0 Å². The van der Waals surface area contributed by atoms with E-state index in [9.17, 15) is 4.79 Å². The summed E-state index contributed by atoms with van der Waals surface area (Å²) < 4.78 is 5.27. The molecule has 2 nitrogen and oxygen atoms in total. The van der Waals surface area contributed by atoms with Crippen molar-refractivity contribution >= 4 is 5.97 Å². The molecule has 0 spiro atoms. The number of carbonyl (C=O) groups excluding carboxylic acids is 1. The summed E-state index contributed by atoms with van der Waals surface area (Å²) in [5.74, 6) is -0.104. The zero-order valence-corrected chi connectivity index (χ0v) is 10.1. The number of rotatable bonds is 4. The second-order valence-electron chi connectivity index (χ2n) is 4.95. The van der Waals surface area contributed by atoms with Crippen molar-refractivity contribution in [3.05, 3.63) is 12.2 Å². The van der Waals surface area contributed by atoms with Gasteiger partial charge in [-0.1, -0.05) is 39.3 Å². The summed E-state index contributed by atoms with van der Waals surface area (Å²) in [7, 11) is 0. The highest BCUT2D eigenvalue weighted by atomic mass is 16.5. The summed E-state index contributed by atoms with van der Waals surface area (Å²) in [6.45, 7) is 6.94. The van der Waals surface area contributed by atoms with Gasteiger partial charge in [0.05, 0.1) is 12.5 Å². The molecule has 2 heteroatoms. The monoisotopic (exact) mass is 210 g/mol. The van der Waals surface area contributed by atoms with Crippen molar-refractivity contribution in [2.75, 3.05) is 6.61 Å². The molecule has 0 aromatic heterocycles. The molecule has 1 atom stereocenters. The molecule has 0 N–H and O–H groups in total. The Morgan fingerprint density at radius 2 is 2.27 bits per heavy atom. The third-order valence-corrected chi connectivity index (χ3v) is 3.12. The second-order valence-corrected chi connectivity index (χ2v) is 4.95. The molecule has 0 aliphatic heterocycles. The van der Waals surface area contributed by atoms with Gasteiger partial charge >= 0.3 is 5.97 Å². The van der Waals surface area contributed by atoms with E-state index < -0.39 is 0 Å². The van der Waals surface area contributed by atoms with Gasteiger partial charge in [-0.25, -0.2) is 0 Å². The molecular formula is C13H22O2. The lowest BCUT2D eigenvalue weighted by Gasteiger charge is -2.33. The Kier molecular flexibility index (Phi) is 4.37. The quantitative estimate of drug-likeness (QED) is 0.404. The fourth-order valence-electron chi connectivity index (χ4n) is 1.91. The van der Waals surface area contributed by atoms with Crippen LogP contribution >= 0.6 is 0 Å². The lowest BCUT2D eigenvalue weighted by atomic mass is 9.72. The van der Waals surface area contributed by atoms with Gasteiger partial charge in [0.1, 0.15) is 0 Å². The highest BCUT2D eigenvalue weighted by Gasteiger charge is 2.35. The molecule has 15 heavy (non-hydrogen) atoms. The van der Waals surface area contributed by atoms with E-state index in [0.717, 1.165) is 25.7 Å². The molecular weight excluding hydrogens is 188 g/mol. The van der Waals surface area contributed by atoms with Crippen molar-refractivity contribution in [3.63, 3.8) is 0 Å². The fourth-order valence-corrected chi connectivity index (χ4v) is 1.91. The largest absolute Gasteiger partial charge is 0.465 e. The predicted octanol–water partition coefficient (Wildman–Crippen LogP) is 3.32. The van der Waals surface area contributed by atoms with E-state index in [4.69, 9.17) is 4.74 Å². The molecule has 0 heterocycles. The number of ether oxygens (including phenoxy) is 1. The zero-order chi connectivity index (χ0) is 11.3. The molecule has 86 valence electrons. The topological polar surface area (TPSA) is 26.3 Å². The smallest absolute Gasteiger partial charge is 0.313 e. The number of carbonyl (C=O) groups is 1. The van der Waals surface area contributed by atoms with E-state index in [2.05, 4.69) is 26.8 Å². The third kappa shape index (κ3) is 3.37. The van der Waals surface area contributed by atoms with Crippen LogP contribution in [-0.4, -0.2) is 12.6 Å². The molecule has 0 radical (unpaired) electrons. The second kappa shape index (κ2) is 5.34. The maximum Gasteiger partial charge on any atom is 0.313 e. The lowest BCUT2D eigenvalue weighted by molar-refractivity contribution is -0.150. The van der Waals surface area contributed by atoms with Crippen molar-refractivity contribution in [2.45, 2.75) is 46.5 Å². The van der Waals surface area contributed by atoms with Crippen LogP contribution in [-0.2, 0) is 9.53 Å². The van der Waals surface area contributed by atoms with Crippen molar-refractivity contribution in [1.82, 2.24) is 0 Å². The number of hydrogen-bond acceptors (Lipinski definition) is 2. The molecule has 0 saturated carbocycles. The summed E-state index contributed by atoms with van der Waals surface area (Å²) >= 11 is 0. The molecule has 0 bridgehead atoms. The summed E-state index contributed by atoms with van der Waals surface area (Å²) in [5, 5.41) is 0. The van der Waals surface area contributed by atoms with Crippen LogP contribution in [0.5, 0.6) is 0 Å². The molecule has 0 fully saturated rings. The zero-order valence-electron chi connectivity index (χ0n) is 10.1. The number of allylic oxidation sites excluding steroid dienone is 1. The van der Waals surface area contributed by atoms with Crippen LogP contribution in [0, 0.1) is 11.3 Å². The molecule has 1 aliphatic carbocycles. The Labute approximate surface area is 92.7 Å². The Morgan fingerprint density at radius 1 is 1.53 bits per heavy atom. The minimum absolute atomic E-state index is 0.0515. The van der Waals surface area contributed by atoms with Crippen LogP contribution < -0.4 is 0 Å². The van der Waals surface area contributed by atoms with Crippen LogP contribution in [0.4, 0.5) is 0 Å². The first-order valence-corrected chi connectivity index (χ1v) is 5.91. The van der Waals surface area contributed by atoms with Gasteiger partial charge < -0.3 is 4.74 Å². The van der Waals surface area contributed by atoms with Gasteiger partial charge in [0.25, 0.3) is 0 Å². The van der Waals surface area contributed by atoms with E-state index in [1.807, 2.05) is 6.08 Å². The lowest BCUT2D eigenvalue weighted by Crippen LogP contribution is -2.33. The van der Waals surface area contributed by atoms with Crippen LogP contribution in [0.2, 0.25) is 0 Å². The van der Waals surface area contributed by atoms with Crippen LogP contribution in [0.25, 0.3) is 0 Å². The van der Waals surface area contributed by atoms with E-state index >= 15 is 0 Å². The van der Waals surface area contributed by atoms with Gasteiger partial charge in [0.15, 0.2) is 0 Å². The first-order chi connectivity index (χ1) is 7.08. The summed E-state index contributed by atoms with van der Waals surface area (Å²) in [6, 6.07) is 0. The Bertz CT molecular complexity index is 241. The number of unbranched alkanes of at least 4 members (excludes halogenated alkanes) is 1. The molecule has 0 aromatic rings. The van der Waals surface area contributed by atoms with E-state index in [-0.39, 0.29) is 17.3 Å². The number of hydrogen-bond donors (Lipinski definition) is 0. The van der Waals surface area contributed by atoms with E-state index in [0.29, 0.717) is 6.61 Å². The fraction of sp³-hybridized carbons (Fsp3) is 0.769. The van der Waals surface area contributed by atoms with Crippen LogP contribution in [0.3, 0.4) is 0 Å². The normalized spacial score (nSPS) is 23.8. The van der Waals surface area contributed by atoms with Crippen LogP contribution in [0.1, 0.15) is 46.5 Å². The van der Waals surface area contributed by atoms with E-state index in [1.54, 1.807) is 0 Å². The molecule has 0 aromatic carbocycles. The SMILES string of the molecule is CCCCOC(=O)C1C=CCCC1(C)C. The minimum atomic E-state index is -0.0527. The van der Waals surface area contributed by atoms with E-state index in [1.165, 1.54) is 0 Å². The van der Waals surface area contributed by atoms with Gasteiger partial charge in [-0.15, -0.1) is 0 Å². The van der Waals surface area contributed by atoms with Crippen molar-refractivity contribution in [1.29, 1.82) is 0 Å². The van der Waals surface area contributed by atoms with Gasteiger partial charge in [-0.3, -0.25) is 4.79 Å². The maximum atomic E-state index is 11.8. The average Bonchev–Trinajstić information content (AvgIpc) is 2.17. The van der Waals surface area contributed by atoms with Crippen molar-refractivity contribution < 1.29 is 9.53 Å². The van der Waals surface area contributed by atoms with Gasteiger partial charge in [0, 0.05) is 0 Å². The third-order valence-electron chi connectivity index (χ3n) is 3.12. The predicted molar refractivity (Wildman–Crippen MR) is 61.5 cm³/mol. The highest BCUT2D eigenvalue weighted by molar-refractivity contribution is 5.75. The molecule has 1 rings (SSSR count). The first-order valence-electron chi connectivity index (χ1n) is 5.91. The average molecular weight is 210 g/mol. The molecule has 0 saturated heterocycles. The molecule has 1 aliphatic rings. The highest BCUT2D eigenvalue weighted by Crippen LogP contribution is 2.37. The van der Waals surface area contributed by atoms with Crippen LogP contribution in [0.15, 0.2) is 12.2 Å². The Balaban J connectivity index is 2.50. The van der Waals surface area contributed by atoms with Crippen molar-refractivity contribution in [2.24, 2.45) is 11.3 Å². The summed E-state index contributed by atoms with van der Waals surface area (Å²) in [6.07, 6.45) is 8.28. The minimum Gasteiger partial charge on any atom is -0.465 e. The van der Waals surface area contributed by atoms with Crippen molar-refractivity contribution in [3.8, 4) is 0 Å². The molecule has 0 amide bonds. The first kappa shape index (κ1) is 12.3. The standard InChI is InChI=1S/C13H22O2/c1-4-5-10-15-12(14)11-8-6-7-9-13(11,2)3/h6,8,11H,4-5,7,9-10H2,1-3H3. The maximum absolute atomic E-state index is 11.8.